The maximum atomic E-state index is 12.7. The summed E-state index contributed by atoms with van der Waals surface area (Å²) in [4.78, 5) is 31.5. The van der Waals surface area contributed by atoms with Crippen molar-refractivity contribution in [2.45, 2.75) is 59.0 Å². The first-order valence-electron chi connectivity index (χ1n) is 9.87. The molecule has 1 amide bonds. The minimum absolute atomic E-state index is 0.118. The number of aromatic nitrogens is 5. The summed E-state index contributed by atoms with van der Waals surface area (Å²) in [6, 6.07) is 1.58. The SMILES string of the molecule is Cc1nnc2[nH]n3c(=O)cc(C4CCN(C(=O)OC(C)(C)C)CC4)nc3c2c1C. The standard InChI is InChI=1S/C20H26N6O3/c1-11-12(2)22-23-17-16(11)18-21-14(10-15(27)26(18)24-17)13-6-8-25(9-7-13)19(28)29-20(3,4)5/h10,13H,6-9H2,1-5H3,(H,23,24). The van der Waals surface area contributed by atoms with Crippen molar-refractivity contribution >= 4 is 22.8 Å². The highest BCUT2D eigenvalue weighted by Crippen LogP contribution is 2.28. The molecule has 0 spiro atoms. The Hall–Kier alpha value is -2.97. The van der Waals surface area contributed by atoms with E-state index in [2.05, 4.69) is 15.3 Å². The van der Waals surface area contributed by atoms with E-state index in [4.69, 9.17) is 9.72 Å². The van der Waals surface area contributed by atoms with Gasteiger partial charge in [0.05, 0.1) is 16.8 Å². The first kappa shape index (κ1) is 19.4. The summed E-state index contributed by atoms with van der Waals surface area (Å²) in [5, 5.41) is 12.1. The normalized spacial score (nSPS) is 16.0. The number of rotatable bonds is 1. The van der Waals surface area contributed by atoms with Gasteiger partial charge >= 0.3 is 6.09 Å². The highest BCUT2D eigenvalue weighted by molar-refractivity contribution is 5.92. The van der Waals surface area contributed by atoms with Crippen LogP contribution in [0.1, 0.15) is 56.5 Å². The molecule has 4 heterocycles. The van der Waals surface area contributed by atoms with Crippen molar-refractivity contribution in [3.05, 3.63) is 33.4 Å². The minimum atomic E-state index is -0.510. The average molecular weight is 398 g/mol. The molecule has 1 aliphatic rings. The fourth-order valence-corrected chi connectivity index (χ4v) is 3.74. The Kier molecular flexibility index (Phi) is 4.55. The van der Waals surface area contributed by atoms with Gasteiger partial charge in [-0.15, -0.1) is 5.10 Å². The zero-order valence-corrected chi connectivity index (χ0v) is 17.4. The summed E-state index contributed by atoms with van der Waals surface area (Å²) in [5.74, 6) is 0.118. The first-order valence-corrected chi connectivity index (χ1v) is 9.87. The number of hydrogen-bond acceptors (Lipinski definition) is 6. The number of likely N-dealkylation sites (tertiary alicyclic amines) is 1. The molecular formula is C20H26N6O3. The molecule has 0 atom stereocenters. The Morgan fingerprint density at radius 3 is 2.55 bits per heavy atom. The molecule has 3 aromatic heterocycles. The second-order valence-electron chi connectivity index (χ2n) is 8.67. The number of fused-ring (bicyclic) bond motifs is 3. The average Bonchev–Trinajstić information content (AvgIpc) is 3.03. The lowest BCUT2D eigenvalue weighted by Gasteiger charge is -2.33. The van der Waals surface area contributed by atoms with Crippen LogP contribution in [0.3, 0.4) is 0 Å². The van der Waals surface area contributed by atoms with Gasteiger partial charge in [0.25, 0.3) is 5.56 Å². The predicted molar refractivity (Wildman–Crippen MR) is 108 cm³/mol. The monoisotopic (exact) mass is 398 g/mol. The summed E-state index contributed by atoms with van der Waals surface area (Å²) < 4.78 is 6.88. The van der Waals surface area contributed by atoms with Crippen LogP contribution in [0.2, 0.25) is 0 Å². The number of carbonyl (C=O) groups excluding carboxylic acids is 1. The molecule has 0 aliphatic carbocycles. The Balaban J connectivity index is 1.62. The van der Waals surface area contributed by atoms with Crippen molar-refractivity contribution in [1.82, 2.24) is 29.7 Å². The van der Waals surface area contributed by atoms with E-state index in [0.29, 0.717) is 24.4 Å². The summed E-state index contributed by atoms with van der Waals surface area (Å²) in [7, 11) is 0. The van der Waals surface area contributed by atoms with E-state index in [1.165, 1.54) is 4.52 Å². The molecule has 0 radical (unpaired) electrons. The molecule has 9 nitrogen and oxygen atoms in total. The van der Waals surface area contributed by atoms with Crippen molar-refractivity contribution in [1.29, 1.82) is 0 Å². The molecule has 0 unspecified atom stereocenters. The van der Waals surface area contributed by atoms with Crippen molar-refractivity contribution in [3.8, 4) is 0 Å². The molecule has 154 valence electrons. The highest BCUT2D eigenvalue weighted by Gasteiger charge is 2.28. The Morgan fingerprint density at radius 2 is 1.90 bits per heavy atom. The molecule has 29 heavy (non-hydrogen) atoms. The van der Waals surface area contributed by atoms with E-state index in [-0.39, 0.29) is 17.6 Å². The van der Waals surface area contributed by atoms with Crippen molar-refractivity contribution in [3.63, 3.8) is 0 Å². The third-order valence-corrected chi connectivity index (χ3v) is 5.40. The van der Waals surface area contributed by atoms with Gasteiger partial charge in [-0.25, -0.2) is 9.78 Å². The lowest BCUT2D eigenvalue weighted by Crippen LogP contribution is -2.41. The Bertz CT molecular complexity index is 1150. The Labute approximate surface area is 168 Å². The predicted octanol–water partition coefficient (Wildman–Crippen LogP) is 2.70. The van der Waals surface area contributed by atoms with Crippen LogP contribution in [0.15, 0.2) is 10.9 Å². The maximum absolute atomic E-state index is 12.7. The first-order chi connectivity index (χ1) is 13.6. The topological polar surface area (TPSA) is 105 Å². The van der Waals surface area contributed by atoms with E-state index in [1.54, 1.807) is 11.0 Å². The number of ether oxygens (including phenoxy) is 1. The molecule has 0 bridgehead atoms. The molecule has 3 aromatic rings. The molecule has 0 aromatic carbocycles. The van der Waals surface area contributed by atoms with Gasteiger partial charge in [-0.3, -0.25) is 9.89 Å². The van der Waals surface area contributed by atoms with Crippen LogP contribution in [0.5, 0.6) is 0 Å². The fourth-order valence-electron chi connectivity index (χ4n) is 3.74. The zero-order valence-electron chi connectivity index (χ0n) is 17.4. The van der Waals surface area contributed by atoms with Crippen LogP contribution >= 0.6 is 0 Å². The number of H-pyrrole nitrogens is 1. The second-order valence-corrected chi connectivity index (χ2v) is 8.67. The molecule has 4 rings (SSSR count). The van der Waals surface area contributed by atoms with Gasteiger partial charge in [0.15, 0.2) is 11.3 Å². The van der Waals surface area contributed by atoms with Crippen LogP contribution in [0.25, 0.3) is 16.7 Å². The largest absolute Gasteiger partial charge is 0.444 e. The van der Waals surface area contributed by atoms with Gasteiger partial charge in [0.1, 0.15) is 5.60 Å². The third kappa shape index (κ3) is 3.56. The van der Waals surface area contributed by atoms with Crippen molar-refractivity contribution in [2.24, 2.45) is 0 Å². The van der Waals surface area contributed by atoms with Crippen LogP contribution in [0.4, 0.5) is 4.79 Å². The third-order valence-electron chi connectivity index (χ3n) is 5.40. The van der Waals surface area contributed by atoms with Gasteiger partial charge in [-0.05, 0) is 53.0 Å². The zero-order chi connectivity index (χ0) is 20.9. The lowest BCUT2D eigenvalue weighted by atomic mass is 9.93. The van der Waals surface area contributed by atoms with Crippen LogP contribution in [0, 0.1) is 13.8 Å². The summed E-state index contributed by atoms with van der Waals surface area (Å²) in [5.41, 5.74) is 2.97. The van der Waals surface area contributed by atoms with Crippen LogP contribution in [-0.4, -0.2) is 54.5 Å². The number of hydrogen-bond donors (Lipinski definition) is 1. The minimum Gasteiger partial charge on any atom is -0.444 e. The van der Waals surface area contributed by atoms with E-state index >= 15 is 0 Å². The number of nitrogens with one attached hydrogen (secondary N) is 1. The van der Waals surface area contributed by atoms with Gasteiger partial charge in [0.2, 0.25) is 0 Å². The molecule has 9 heteroatoms. The van der Waals surface area contributed by atoms with E-state index in [0.717, 1.165) is 35.2 Å². The number of carbonyl (C=O) groups is 1. The van der Waals surface area contributed by atoms with Gasteiger partial charge in [-0.1, -0.05) is 0 Å². The summed E-state index contributed by atoms with van der Waals surface area (Å²) in [6.45, 7) is 10.6. The van der Waals surface area contributed by atoms with Gasteiger partial charge in [0, 0.05) is 25.1 Å². The van der Waals surface area contributed by atoms with Crippen LogP contribution in [-0.2, 0) is 4.74 Å². The molecule has 1 aliphatic heterocycles. The molecule has 1 saturated heterocycles. The molecule has 1 fully saturated rings. The fraction of sp³-hybridized carbons (Fsp3) is 0.550. The molecule has 1 N–H and O–H groups in total. The van der Waals surface area contributed by atoms with Crippen molar-refractivity contribution < 1.29 is 9.53 Å². The summed E-state index contributed by atoms with van der Waals surface area (Å²) >= 11 is 0. The number of aryl methyl sites for hydroxylation is 2. The summed E-state index contributed by atoms with van der Waals surface area (Å²) in [6.07, 6.45) is 1.19. The quantitative estimate of drug-likeness (QED) is 0.676. The highest BCUT2D eigenvalue weighted by atomic mass is 16.6. The number of aromatic amines is 1. The molecule has 0 saturated carbocycles. The second kappa shape index (κ2) is 6.82. The van der Waals surface area contributed by atoms with Crippen molar-refractivity contribution in [2.75, 3.05) is 13.1 Å². The number of amides is 1. The van der Waals surface area contributed by atoms with Gasteiger partial charge in [-0.2, -0.15) is 9.61 Å². The lowest BCUT2D eigenvalue weighted by molar-refractivity contribution is 0.0204. The maximum Gasteiger partial charge on any atom is 0.410 e. The van der Waals surface area contributed by atoms with E-state index < -0.39 is 5.60 Å². The van der Waals surface area contributed by atoms with Crippen LogP contribution < -0.4 is 5.56 Å². The smallest absolute Gasteiger partial charge is 0.410 e. The van der Waals surface area contributed by atoms with E-state index in [9.17, 15) is 9.59 Å². The Morgan fingerprint density at radius 1 is 1.21 bits per heavy atom. The van der Waals surface area contributed by atoms with Gasteiger partial charge < -0.3 is 9.64 Å². The number of piperidine rings is 1. The van der Waals surface area contributed by atoms with E-state index in [1.807, 2.05) is 34.6 Å². The molecular weight excluding hydrogens is 372 g/mol. The number of nitrogens with zero attached hydrogens (tertiary/aromatic N) is 5.